The SMILES string of the molecule is CNC(=O)c1cc(NCCCOCCOC)ccn1. The summed E-state index contributed by atoms with van der Waals surface area (Å²) in [7, 11) is 3.24. The molecule has 0 aliphatic rings. The third-order valence-corrected chi connectivity index (χ3v) is 2.45. The van der Waals surface area contributed by atoms with Gasteiger partial charge in [0.2, 0.25) is 0 Å². The lowest BCUT2D eigenvalue weighted by atomic mass is 10.3. The molecule has 0 atom stereocenters. The smallest absolute Gasteiger partial charge is 0.269 e. The average Bonchev–Trinajstić information content (AvgIpc) is 2.46. The van der Waals surface area contributed by atoms with E-state index in [-0.39, 0.29) is 5.91 Å². The van der Waals surface area contributed by atoms with Crippen molar-refractivity contribution in [2.45, 2.75) is 6.42 Å². The van der Waals surface area contributed by atoms with E-state index in [0.717, 1.165) is 18.7 Å². The van der Waals surface area contributed by atoms with Crippen LogP contribution in [0.2, 0.25) is 0 Å². The zero-order valence-corrected chi connectivity index (χ0v) is 11.4. The van der Waals surface area contributed by atoms with E-state index in [4.69, 9.17) is 9.47 Å². The van der Waals surface area contributed by atoms with Gasteiger partial charge in [0, 0.05) is 39.2 Å². The Labute approximate surface area is 113 Å². The van der Waals surface area contributed by atoms with Crippen LogP contribution in [0.25, 0.3) is 0 Å². The van der Waals surface area contributed by atoms with Crippen LogP contribution >= 0.6 is 0 Å². The average molecular weight is 267 g/mol. The van der Waals surface area contributed by atoms with E-state index in [9.17, 15) is 4.79 Å². The molecule has 1 aromatic heterocycles. The van der Waals surface area contributed by atoms with Crippen molar-refractivity contribution in [2.24, 2.45) is 0 Å². The molecule has 0 spiro atoms. The van der Waals surface area contributed by atoms with E-state index in [1.165, 1.54) is 0 Å². The number of carbonyl (C=O) groups is 1. The number of ether oxygens (including phenoxy) is 2. The predicted molar refractivity (Wildman–Crippen MR) is 73.4 cm³/mol. The Kier molecular flexibility index (Phi) is 7.53. The van der Waals surface area contributed by atoms with Gasteiger partial charge in [-0.1, -0.05) is 0 Å². The molecule has 1 aromatic rings. The van der Waals surface area contributed by atoms with Gasteiger partial charge in [-0.05, 0) is 18.6 Å². The molecule has 1 heterocycles. The lowest BCUT2D eigenvalue weighted by Gasteiger charge is -2.08. The summed E-state index contributed by atoms with van der Waals surface area (Å²) in [6.45, 7) is 2.70. The van der Waals surface area contributed by atoms with Crippen molar-refractivity contribution in [3.8, 4) is 0 Å². The molecule has 0 aliphatic carbocycles. The number of rotatable bonds is 9. The minimum atomic E-state index is -0.188. The van der Waals surface area contributed by atoms with Crippen LogP contribution in [0.5, 0.6) is 0 Å². The summed E-state index contributed by atoms with van der Waals surface area (Å²) in [6.07, 6.45) is 2.50. The number of nitrogens with zero attached hydrogens (tertiary/aromatic N) is 1. The van der Waals surface area contributed by atoms with E-state index in [1.807, 2.05) is 6.07 Å². The maximum Gasteiger partial charge on any atom is 0.269 e. The van der Waals surface area contributed by atoms with Gasteiger partial charge in [0.1, 0.15) is 5.69 Å². The zero-order chi connectivity index (χ0) is 13.9. The molecule has 0 saturated carbocycles. The monoisotopic (exact) mass is 267 g/mol. The number of hydrogen-bond acceptors (Lipinski definition) is 5. The van der Waals surface area contributed by atoms with Crippen molar-refractivity contribution in [2.75, 3.05) is 45.8 Å². The maximum atomic E-state index is 11.4. The number of anilines is 1. The third kappa shape index (κ3) is 6.17. The van der Waals surface area contributed by atoms with Crippen molar-refractivity contribution in [3.63, 3.8) is 0 Å². The highest BCUT2D eigenvalue weighted by molar-refractivity contribution is 5.92. The molecular weight excluding hydrogens is 246 g/mol. The summed E-state index contributed by atoms with van der Waals surface area (Å²) in [6, 6.07) is 3.56. The normalized spacial score (nSPS) is 10.2. The predicted octanol–water partition coefficient (Wildman–Crippen LogP) is 0.906. The topological polar surface area (TPSA) is 72.5 Å². The van der Waals surface area contributed by atoms with Gasteiger partial charge < -0.3 is 20.1 Å². The molecule has 1 amide bonds. The fraction of sp³-hybridized carbons (Fsp3) is 0.538. The van der Waals surface area contributed by atoms with Crippen molar-refractivity contribution in [1.29, 1.82) is 0 Å². The summed E-state index contributed by atoms with van der Waals surface area (Å²) in [5, 5.41) is 5.77. The van der Waals surface area contributed by atoms with Gasteiger partial charge in [0.05, 0.1) is 13.2 Å². The number of carbonyl (C=O) groups excluding carboxylic acids is 1. The highest BCUT2D eigenvalue weighted by Crippen LogP contribution is 2.07. The van der Waals surface area contributed by atoms with E-state index >= 15 is 0 Å². The second-order valence-corrected chi connectivity index (χ2v) is 3.89. The summed E-state index contributed by atoms with van der Waals surface area (Å²) >= 11 is 0. The van der Waals surface area contributed by atoms with Gasteiger partial charge in [-0.25, -0.2) is 0 Å². The van der Waals surface area contributed by atoms with E-state index < -0.39 is 0 Å². The zero-order valence-electron chi connectivity index (χ0n) is 11.4. The molecule has 6 nitrogen and oxygen atoms in total. The summed E-state index contributed by atoms with van der Waals surface area (Å²) < 4.78 is 10.2. The first kappa shape index (κ1) is 15.4. The van der Waals surface area contributed by atoms with Gasteiger partial charge in [-0.3, -0.25) is 9.78 Å². The van der Waals surface area contributed by atoms with E-state index in [2.05, 4.69) is 15.6 Å². The highest BCUT2D eigenvalue weighted by Gasteiger charge is 2.04. The Morgan fingerprint density at radius 3 is 2.95 bits per heavy atom. The molecule has 19 heavy (non-hydrogen) atoms. The van der Waals surface area contributed by atoms with Crippen LogP contribution in [0, 0.1) is 0 Å². The Balaban J connectivity index is 2.24. The number of methoxy groups -OCH3 is 1. The number of nitrogens with one attached hydrogen (secondary N) is 2. The van der Waals surface area contributed by atoms with E-state index in [0.29, 0.717) is 25.5 Å². The molecule has 0 aliphatic heterocycles. The molecular formula is C13H21N3O3. The molecule has 2 N–H and O–H groups in total. The van der Waals surface area contributed by atoms with Crippen LogP contribution in [-0.2, 0) is 9.47 Å². The fourth-order valence-electron chi connectivity index (χ4n) is 1.44. The Morgan fingerprint density at radius 2 is 2.21 bits per heavy atom. The lowest BCUT2D eigenvalue weighted by Crippen LogP contribution is -2.19. The van der Waals surface area contributed by atoms with Crippen molar-refractivity contribution in [3.05, 3.63) is 24.0 Å². The first-order valence-electron chi connectivity index (χ1n) is 6.26. The summed E-state index contributed by atoms with van der Waals surface area (Å²) in [4.78, 5) is 15.4. The molecule has 0 unspecified atom stereocenters. The van der Waals surface area contributed by atoms with Crippen LogP contribution < -0.4 is 10.6 Å². The van der Waals surface area contributed by atoms with Crippen molar-refractivity contribution >= 4 is 11.6 Å². The van der Waals surface area contributed by atoms with Gasteiger partial charge in [-0.15, -0.1) is 0 Å². The van der Waals surface area contributed by atoms with Gasteiger partial charge >= 0.3 is 0 Å². The van der Waals surface area contributed by atoms with Crippen LogP contribution in [0.1, 0.15) is 16.9 Å². The lowest BCUT2D eigenvalue weighted by molar-refractivity contribution is 0.0705. The minimum Gasteiger partial charge on any atom is -0.385 e. The third-order valence-electron chi connectivity index (χ3n) is 2.45. The van der Waals surface area contributed by atoms with Crippen molar-refractivity contribution < 1.29 is 14.3 Å². The summed E-state index contributed by atoms with van der Waals surface area (Å²) in [5.74, 6) is -0.188. The first-order chi connectivity index (χ1) is 9.27. The number of pyridine rings is 1. The number of aromatic nitrogens is 1. The number of hydrogen-bond donors (Lipinski definition) is 2. The quantitative estimate of drug-likeness (QED) is 0.651. The van der Waals surface area contributed by atoms with Gasteiger partial charge in [0.25, 0.3) is 5.91 Å². The first-order valence-corrected chi connectivity index (χ1v) is 6.26. The van der Waals surface area contributed by atoms with Gasteiger partial charge in [0.15, 0.2) is 0 Å². The largest absolute Gasteiger partial charge is 0.385 e. The molecule has 1 rings (SSSR count). The van der Waals surface area contributed by atoms with Gasteiger partial charge in [-0.2, -0.15) is 0 Å². The summed E-state index contributed by atoms with van der Waals surface area (Å²) in [5.41, 5.74) is 1.29. The van der Waals surface area contributed by atoms with Crippen LogP contribution in [0.15, 0.2) is 18.3 Å². The molecule has 0 saturated heterocycles. The van der Waals surface area contributed by atoms with Crippen LogP contribution in [-0.4, -0.2) is 51.4 Å². The molecule has 106 valence electrons. The highest BCUT2D eigenvalue weighted by atomic mass is 16.5. The molecule has 0 bridgehead atoms. The second-order valence-electron chi connectivity index (χ2n) is 3.89. The Morgan fingerprint density at radius 1 is 1.37 bits per heavy atom. The van der Waals surface area contributed by atoms with Crippen LogP contribution in [0.4, 0.5) is 5.69 Å². The van der Waals surface area contributed by atoms with Crippen LogP contribution in [0.3, 0.4) is 0 Å². The maximum absolute atomic E-state index is 11.4. The molecule has 0 fully saturated rings. The molecule has 0 aromatic carbocycles. The Bertz CT molecular complexity index is 385. The molecule has 6 heteroatoms. The second kappa shape index (κ2) is 9.29. The Hall–Kier alpha value is -1.66. The van der Waals surface area contributed by atoms with Crippen molar-refractivity contribution in [1.82, 2.24) is 10.3 Å². The molecule has 0 radical (unpaired) electrons. The number of amides is 1. The van der Waals surface area contributed by atoms with E-state index in [1.54, 1.807) is 26.4 Å². The standard InChI is InChI=1S/C13H21N3O3/c1-14-13(17)12-10-11(4-6-16-12)15-5-3-7-19-9-8-18-2/h4,6,10H,3,5,7-9H2,1-2H3,(H,14,17)(H,15,16). The fourth-order valence-corrected chi connectivity index (χ4v) is 1.44. The minimum absolute atomic E-state index is 0.188.